The third kappa shape index (κ3) is 5.17. The zero-order valence-corrected chi connectivity index (χ0v) is 15.8. The second-order valence-electron chi connectivity index (χ2n) is 5.80. The molecule has 0 aromatic heterocycles. The maximum atomic E-state index is 12.4. The van der Waals surface area contributed by atoms with E-state index in [1.807, 2.05) is 13.0 Å². The second-order valence-corrected chi connectivity index (χ2v) is 7.71. The van der Waals surface area contributed by atoms with Crippen molar-refractivity contribution in [3.05, 3.63) is 58.1 Å². The van der Waals surface area contributed by atoms with Crippen LogP contribution < -0.4 is 14.4 Å². The largest absolute Gasteiger partial charge is 0.495 e. The van der Waals surface area contributed by atoms with E-state index >= 15 is 0 Å². The number of non-ortho nitro benzene ring substituents is 1. The van der Waals surface area contributed by atoms with Gasteiger partial charge in [-0.1, -0.05) is 12.1 Å². The molecule has 2 aromatic carbocycles. The number of nitro groups is 1. The molecule has 1 amide bonds. The van der Waals surface area contributed by atoms with Crippen molar-refractivity contribution >= 4 is 33.0 Å². The predicted molar refractivity (Wildman–Crippen MR) is 102 cm³/mol. The van der Waals surface area contributed by atoms with Gasteiger partial charge in [0, 0.05) is 17.8 Å². The first kappa shape index (κ1) is 20.2. The summed E-state index contributed by atoms with van der Waals surface area (Å²) in [5.74, 6) is -0.506. The Kier molecular flexibility index (Phi) is 6.01. The van der Waals surface area contributed by atoms with Crippen LogP contribution in [0.2, 0.25) is 0 Å². The first-order valence-electron chi connectivity index (χ1n) is 7.78. The molecule has 2 rings (SSSR count). The minimum absolute atomic E-state index is 0.0893. The number of carbonyl (C=O) groups excluding carboxylic acids is 1. The summed E-state index contributed by atoms with van der Waals surface area (Å²) in [5, 5.41) is 13.6. The molecule has 0 aliphatic carbocycles. The molecule has 0 heterocycles. The molecule has 2 aromatic rings. The Labute approximate surface area is 156 Å². The van der Waals surface area contributed by atoms with E-state index in [2.05, 4.69) is 5.32 Å². The van der Waals surface area contributed by atoms with E-state index in [0.29, 0.717) is 5.69 Å². The van der Waals surface area contributed by atoms with Crippen LogP contribution in [-0.4, -0.2) is 39.2 Å². The number of aryl methyl sites for hydroxylation is 1. The molecule has 144 valence electrons. The number of rotatable bonds is 7. The van der Waals surface area contributed by atoms with E-state index < -0.39 is 27.4 Å². The maximum Gasteiger partial charge on any atom is 0.271 e. The van der Waals surface area contributed by atoms with Gasteiger partial charge in [0.25, 0.3) is 5.69 Å². The van der Waals surface area contributed by atoms with Crippen LogP contribution in [0.15, 0.2) is 42.5 Å². The molecule has 0 atom stereocenters. The van der Waals surface area contributed by atoms with E-state index in [-0.39, 0.29) is 17.1 Å². The topological polar surface area (TPSA) is 119 Å². The number of anilines is 2. The smallest absolute Gasteiger partial charge is 0.271 e. The molecule has 0 saturated carbocycles. The Morgan fingerprint density at radius 2 is 1.96 bits per heavy atom. The lowest BCUT2D eigenvalue weighted by Crippen LogP contribution is -2.37. The van der Waals surface area contributed by atoms with Gasteiger partial charge >= 0.3 is 0 Å². The first-order chi connectivity index (χ1) is 12.6. The monoisotopic (exact) mass is 393 g/mol. The minimum Gasteiger partial charge on any atom is -0.495 e. The zero-order chi connectivity index (χ0) is 20.2. The van der Waals surface area contributed by atoms with Crippen LogP contribution in [0.3, 0.4) is 0 Å². The number of sulfonamides is 1. The molecule has 10 heteroatoms. The van der Waals surface area contributed by atoms with Gasteiger partial charge in [0.05, 0.1) is 18.3 Å². The van der Waals surface area contributed by atoms with Gasteiger partial charge in [-0.05, 0) is 30.7 Å². The Morgan fingerprint density at radius 1 is 1.26 bits per heavy atom. The summed E-state index contributed by atoms with van der Waals surface area (Å²) in [6, 6.07) is 10.5. The third-order valence-corrected chi connectivity index (χ3v) is 4.76. The second kappa shape index (κ2) is 8.04. The summed E-state index contributed by atoms with van der Waals surface area (Å²) in [6.07, 6.45) is 0.908. The zero-order valence-electron chi connectivity index (χ0n) is 15.0. The van der Waals surface area contributed by atoms with Crippen LogP contribution in [0.5, 0.6) is 5.75 Å². The van der Waals surface area contributed by atoms with Crippen LogP contribution in [-0.2, 0) is 14.8 Å². The molecule has 0 saturated heterocycles. The normalized spacial score (nSPS) is 10.9. The lowest BCUT2D eigenvalue weighted by molar-refractivity contribution is -0.384. The number of nitrogens with one attached hydrogen (secondary N) is 1. The highest BCUT2D eigenvalue weighted by molar-refractivity contribution is 7.92. The van der Waals surface area contributed by atoms with Crippen LogP contribution in [0.4, 0.5) is 17.1 Å². The van der Waals surface area contributed by atoms with Gasteiger partial charge in [-0.2, -0.15) is 0 Å². The quantitative estimate of drug-likeness (QED) is 0.569. The van der Waals surface area contributed by atoms with Gasteiger partial charge in [0.15, 0.2) is 0 Å². The standard InChI is InChI=1S/C17H19N3O6S/c1-12-5-4-6-13(9-12)18-17(21)11-19(27(3,24)25)15-10-14(20(22)23)7-8-16(15)26-2/h4-10H,11H2,1-3H3,(H,18,21). The summed E-state index contributed by atoms with van der Waals surface area (Å²) in [6.45, 7) is 1.29. The number of ether oxygens (including phenoxy) is 1. The number of nitrogens with zero attached hydrogens (tertiary/aromatic N) is 2. The van der Waals surface area contributed by atoms with Gasteiger partial charge in [-0.25, -0.2) is 8.42 Å². The molecule has 0 aliphatic rings. The summed E-state index contributed by atoms with van der Waals surface area (Å²) >= 11 is 0. The van der Waals surface area contributed by atoms with Gasteiger partial charge in [0.2, 0.25) is 15.9 Å². The lowest BCUT2D eigenvalue weighted by atomic mass is 10.2. The number of nitro benzene ring substituents is 1. The molecule has 0 bridgehead atoms. The van der Waals surface area contributed by atoms with Crippen molar-refractivity contribution in [1.82, 2.24) is 0 Å². The van der Waals surface area contributed by atoms with E-state index in [9.17, 15) is 23.3 Å². The molecular weight excluding hydrogens is 374 g/mol. The molecule has 0 spiro atoms. The number of methoxy groups -OCH3 is 1. The fraction of sp³-hybridized carbons (Fsp3) is 0.235. The highest BCUT2D eigenvalue weighted by Crippen LogP contribution is 2.33. The van der Waals surface area contributed by atoms with Crippen molar-refractivity contribution < 1.29 is 22.9 Å². The van der Waals surface area contributed by atoms with Gasteiger partial charge in [0.1, 0.15) is 18.0 Å². The molecule has 0 aliphatic heterocycles. The molecule has 9 nitrogen and oxygen atoms in total. The van der Waals surface area contributed by atoms with E-state index in [1.165, 1.54) is 19.2 Å². The van der Waals surface area contributed by atoms with Crippen LogP contribution in [0.1, 0.15) is 5.56 Å². The van der Waals surface area contributed by atoms with Crippen molar-refractivity contribution in [2.45, 2.75) is 6.92 Å². The molecule has 0 fully saturated rings. The maximum absolute atomic E-state index is 12.4. The van der Waals surface area contributed by atoms with E-state index in [0.717, 1.165) is 22.2 Å². The van der Waals surface area contributed by atoms with E-state index in [4.69, 9.17) is 4.74 Å². The number of benzene rings is 2. The van der Waals surface area contributed by atoms with Crippen molar-refractivity contribution in [3.8, 4) is 5.75 Å². The Hall–Kier alpha value is -3.14. The van der Waals surface area contributed by atoms with Crippen LogP contribution >= 0.6 is 0 Å². The van der Waals surface area contributed by atoms with Crippen molar-refractivity contribution in [2.75, 3.05) is 29.5 Å². The number of hydrogen-bond donors (Lipinski definition) is 1. The molecule has 0 radical (unpaired) electrons. The SMILES string of the molecule is COc1ccc([N+](=O)[O-])cc1N(CC(=O)Nc1cccc(C)c1)S(C)(=O)=O. The number of hydrogen-bond acceptors (Lipinski definition) is 6. The number of amides is 1. The van der Waals surface area contributed by atoms with Crippen molar-refractivity contribution in [2.24, 2.45) is 0 Å². The molecule has 27 heavy (non-hydrogen) atoms. The summed E-state index contributed by atoms with van der Waals surface area (Å²) in [7, 11) is -2.62. The van der Waals surface area contributed by atoms with Gasteiger partial charge in [-0.3, -0.25) is 19.2 Å². The summed E-state index contributed by atoms with van der Waals surface area (Å²) in [5.41, 5.74) is 1.03. The highest BCUT2D eigenvalue weighted by Gasteiger charge is 2.26. The average molecular weight is 393 g/mol. The average Bonchev–Trinajstić information content (AvgIpc) is 2.58. The summed E-state index contributed by atoms with van der Waals surface area (Å²) < 4.78 is 30.4. The Balaban J connectivity index is 2.38. The van der Waals surface area contributed by atoms with E-state index in [1.54, 1.807) is 18.2 Å². The molecule has 0 unspecified atom stereocenters. The highest BCUT2D eigenvalue weighted by atomic mass is 32.2. The lowest BCUT2D eigenvalue weighted by Gasteiger charge is -2.23. The predicted octanol–water partition coefficient (Wildman–Crippen LogP) is 2.32. The molecule has 1 N–H and O–H groups in total. The van der Waals surface area contributed by atoms with Crippen LogP contribution in [0, 0.1) is 17.0 Å². The van der Waals surface area contributed by atoms with Crippen molar-refractivity contribution in [1.29, 1.82) is 0 Å². The van der Waals surface area contributed by atoms with Gasteiger partial charge in [-0.15, -0.1) is 0 Å². The van der Waals surface area contributed by atoms with Gasteiger partial charge < -0.3 is 10.1 Å². The van der Waals surface area contributed by atoms with Crippen molar-refractivity contribution in [3.63, 3.8) is 0 Å². The third-order valence-electron chi connectivity index (χ3n) is 3.63. The Bertz CT molecular complexity index is 974. The fourth-order valence-corrected chi connectivity index (χ4v) is 3.27. The fourth-order valence-electron chi connectivity index (χ4n) is 2.42. The Morgan fingerprint density at radius 3 is 2.52 bits per heavy atom. The van der Waals surface area contributed by atoms with Crippen LogP contribution in [0.25, 0.3) is 0 Å². The first-order valence-corrected chi connectivity index (χ1v) is 9.63. The molecular formula is C17H19N3O6S. The number of carbonyl (C=O) groups is 1. The summed E-state index contributed by atoms with van der Waals surface area (Å²) in [4.78, 5) is 22.8. The minimum atomic E-state index is -3.92.